The largest absolute Gasteiger partial charge is 0.497 e. The van der Waals surface area contributed by atoms with Crippen molar-refractivity contribution in [3.05, 3.63) is 63.6 Å². The first-order valence-corrected chi connectivity index (χ1v) is 7.57. The highest BCUT2D eigenvalue weighted by atomic mass is 79.9. The van der Waals surface area contributed by atoms with E-state index in [4.69, 9.17) is 4.74 Å². The van der Waals surface area contributed by atoms with Crippen molar-refractivity contribution < 1.29 is 4.74 Å². The molecule has 0 saturated carbocycles. The van der Waals surface area contributed by atoms with Crippen molar-refractivity contribution in [1.82, 2.24) is 5.32 Å². The molecule has 0 unspecified atom stereocenters. The molecule has 0 amide bonds. The van der Waals surface area contributed by atoms with E-state index in [1.165, 1.54) is 16.7 Å². The Bertz CT molecular complexity index is 569. The molecule has 20 heavy (non-hydrogen) atoms. The van der Waals surface area contributed by atoms with E-state index in [2.05, 4.69) is 58.5 Å². The average Bonchev–Trinajstić information content (AvgIpc) is 2.47. The summed E-state index contributed by atoms with van der Waals surface area (Å²) in [5.41, 5.74) is 3.89. The Kier molecular flexibility index (Phi) is 5.62. The molecule has 0 bridgehead atoms. The number of rotatable bonds is 6. The number of benzene rings is 2. The molecule has 2 aromatic rings. The van der Waals surface area contributed by atoms with Crippen molar-refractivity contribution >= 4 is 15.9 Å². The molecule has 2 rings (SSSR count). The normalized spacial score (nSPS) is 10.6. The van der Waals surface area contributed by atoms with Crippen LogP contribution >= 0.6 is 15.9 Å². The molecule has 0 aromatic heterocycles. The van der Waals surface area contributed by atoms with Gasteiger partial charge >= 0.3 is 0 Å². The number of hydrogen-bond donors (Lipinski definition) is 1. The van der Waals surface area contributed by atoms with E-state index in [0.717, 1.165) is 29.7 Å². The average molecular weight is 334 g/mol. The van der Waals surface area contributed by atoms with E-state index in [0.29, 0.717) is 0 Å². The summed E-state index contributed by atoms with van der Waals surface area (Å²) < 4.78 is 6.39. The second kappa shape index (κ2) is 7.46. The molecule has 106 valence electrons. The Labute approximate surface area is 129 Å². The van der Waals surface area contributed by atoms with E-state index >= 15 is 0 Å². The van der Waals surface area contributed by atoms with Gasteiger partial charge in [0.25, 0.3) is 0 Å². The lowest BCUT2D eigenvalue weighted by Crippen LogP contribution is -2.16. The molecule has 2 nitrogen and oxygen atoms in total. The molecule has 0 aliphatic carbocycles. The van der Waals surface area contributed by atoms with Crippen LogP contribution in [-0.4, -0.2) is 13.7 Å². The van der Waals surface area contributed by atoms with Crippen LogP contribution in [0.4, 0.5) is 0 Å². The van der Waals surface area contributed by atoms with Gasteiger partial charge in [-0.15, -0.1) is 0 Å². The maximum absolute atomic E-state index is 5.23. The Hall–Kier alpha value is -1.32. The van der Waals surface area contributed by atoms with Crippen LogP contribution in [0, 0.1) is 6.92 Å². The van der Waals surface area contributed by atoms with Gasteiger partial charge in [0.15, 0.2) is 0 Å². The fourth-order valence-electron chi connectivity index (χ4n) is 2.11. The molecule has 0 atom stereocenters. The minimum absolute atomic E-state index is 0.901. The number of methoxy groups -OCH3 is 1. The number of nitrogens with one attached hydrogen (secondary N) is 1. The summed E-state index contributed by atoms with van der Waals surface area (Å²) in [5, 5.41) is 3.48. The molecule has 2 aromatic carbocycles. The third kappa shape index (κ3) is 4.36. The number of ether oxygens (including phenoxy) is 1. The van der Waals surface area contributed by atoms with Crippen LogP contribution in [0.5, 0.6) is 5.75 Å². The maximum atomic E-state index is 5.23. The Balaban J connectivity index is 1.79. The standard InChI is InChI=1S/C17H20BrNO/c1-13-10-15(6-7-17(13)18)12-19-9-8-14-4-3-5-16(11-14)20-2/h3-7,10-11,19H,8-9,12H2,1-2H3. The Morgan fingerprint density at radius 2 is 1.95 bits per heavy atom. The SMILES string of the molecule is COc1cccc(CCNCc2ccc(Br)c(C)c2)c1. The number of halogens is 1. The van der Waals surface area contributed by atoms with Crippen molar-refractivity contribution in [1.29, 1.82) is 0 Å². The molecule has 0 heterocycles. The molecule has 1 N–H and O–H groups in total. The summed E-state index contributed by atoms with van der Waals surface area (Å²) in [6, 6.07) is 14.7. The Morgan fingerprint density at radius 1 is 1.10 bits per heavy atom. The molecule has 0 radical (unpaired) electrons. The van der Waals surface area contributed by atoms with Crippen LogP contribution in [-0.2, 0) is 13.0 Å². The van der Waals surface area contributed by atoms with Crippen molar-refractivity contribution in [2.45, 2.75) is 19.9 Å². The second-order valence-corrected chi connectivity index (χ2v) is 5.72. The van der Waals surface area contributed by atoms with Gasteiger partial charge in [0.1, 0.15) is 5.75 Å². The zero-order valence-electron chi connectivity index (χ0n) is 11.9. The van der Waals surface area contributed by atoms with E-state index in [-0.39, 0.29) is 0 Å². The van der Waals surface area contributed by atoms with Gasteiger partial charge in [0.05, 0.1) is 7.11 Å². The van der Waals surface area contributed by atoms with Crippen LogP contribution < -0.4 is 10.1 Å². The van der Waals surface area contributed by atoms with Gasteiger partial charge < -0.3 is 10.1 Å². The summed E-state index contributed by atoms with van der Waals surface area (Å²) in [6.07, 6.45) is 1.01. The van der Waals surface area contributed by atoms with Gasteiger partial charge in [0.2, 0.25) is 0 Å². The molecule has 0 aliphatic heterocycles. The van der Waals surface area contributed by atoms with Crippen LogP contribution in [0.25, 0.3) is 0 Å². The second-order valence-electron chi connectivity index (χ2n) is 4.86. The molecule has 0 saturated heterocycles. The zero-order chi connectivity index (χ0) is 14.4. The first kappa shape index (κ1) is 15.1. The van der Waals surface area contributed by atoms with Crippen molar-refractivity contribution in [3.8, 4) is 5.75 Å². The topological polar surface area (TPSA) is 21.3 Å². The summed E-state index contributed by atoms with van der Waals surface area (Å²) in [7, 11) is 1.70. The predicted molar refractivity (Wildman–Crippen MR) is 87.3 cm³/mol. The van der Waals surface area contributed by atoms with Gasteiger partial charge in [-0.25, -0.2) is 0 Å². The lowest BCUT2D eigenvalue weighted by molar-refractivity contribution is 0.414. The van der Waals surface area contributed by atoms with E-state index in [9.17, 15) is 0 Å². The first-order chi connectivity index (χ1) is 9.69. The minimum atomic E-state index is 0.901. The smallest absolute Gasteiger partial charge is 0.119 e. The molecule has 0 fully saturated rings. The molecular formula is C17H20BrNO. The van der Waals surface area contributed by atoms with Gasteiger partial charge in [-0.05, 0) is 54.8 Å². The fourth-order valence-corrected chi connectivity index (χ4v) is 2.36. The maximum Gasteiger partial charge on any atom is 0.119 e. The predicted octanol–water partition coefficient (Wildman–Crippen LogP) is 4.10. The summed E-state index contributed by atoms with van der Waals surface area (Å²) in [6.45, 7) is 3.98. The fraction of sp³-hybridized carbons (Fsp3) is 0.294. The molecule has 3 heteroatoms. The van der Waals surface area contributed by atoms with Crippen molar-refractivity contribution in [2.75, 3.05) is 13.7 Å². The van der Waals surface area contributed by atoms with Gasteiger partial charge in [-0.2, -0.15) is 0 Å². The highest BCUT2D eigenvalue weighted by molar-refractivity contribution is 9.10. The Morgan fingerprint density at radius 3 is 2.70 bits per heavy atom. The monoisotopic (exact) mass is 333 g/mol. The highest BCUT2D eigenvalue weighted by Gasteiger charge is 1.99. The van der Waals surface area contributed by atoms with E-state index in [1.54, 1.807) is 7.11 Å². The van der Waals surface area contributed by atoms with Crippen LogP contribution in [0.3, 0.4) is 0 Å². The number of aryl methyl sites for hydroxylation is 1. The number of hydrogen-bond acceptors (Lipinski definition) is 2. The quantitative estimate of drug-likeness (QED) is 0.803. The van der Waals surface area contributed by atoms with Gasteiger partial charge in [-0.3, -0.25) is 0 Å². The summed E-state index contributed by atoms with van der Waals surface area (Å²) in [4.78, 5) is 0. The van der Waals surface area contributed by atoms with Crippen molar-refractivity contribution in [2.24, 2.45) is 0 Å². The third-order valence-corrected chi connectivity index (χ3v) is 4.17. The van der Waals surface area contributed by atoms with Gasteiger partial charge in [0, 0.05) is 11.0 Å². The third-order valence-electron chi connectivity index (χ3n) is 3.28. The van der Waals surface area contributed by atoms with Crippen LogP contribution in [0.2, 0.25) is 0 Å². The minimum Gasteiger partial charge on any atom is -0.497 e. The highest BCUT2D eigenvalue weighted by Crippen LogP contribution is 2.17. The zero-order valence-corrected chi connectivity index (χ0v) is 13.5. The van der Waals surface area contributed by atoms with Gasteiger partial charge in [-0.1, -0.05) is 40.2 Å². The summed E-state index contributed by atoms with van der Waals surface area (Å²) in [5.74, 6) is 0.922. The van der Waals surface area contributed by atoms with Crippen LogP contribution in [0.15, 0.2) is 46.9 Å². The molecular weight excluding hydrogens is 314 g/mol. The molecule has 0 spiro atoms. The molecule has 0 aliphatic rings. The lowest BCUT2D eigenvalue weighted by atomic mass is 10.1. The van der Waals surface area contributed by atoms with Crippen molar-refractivity contribution in [3.63, 3.8) is 0 Å². The van der Waals surface area contributed by atoms with E-state index < -0.39 is 0 Å². The van der Waals surface area contributed by atoms with Crippen LogP contribution in [0.1, 0.15) is 16.7 Å². The first-order valence-electron chi connectivity index (χ1n) is 6.77. The summed E-state index contributed by atoms with van der Waals surface area (Å²) >= 11 is 3.52. The lowest BCUT2D eigenvalue weighted by Gasteiger charge is -2.08. The van der Waals surface area contributed by atoms with E-state index in [1.807, 2.05) is 12.1 Å².